The molecule has 2 aromatic heterocycles. The molecule has 3 heterocycles. The number of hydrogen-bond acceptors (Lipinski definition) is 6. The van der Waals surface area contributed by atoms with Gasteiger partial charge in [-0.25, -0.2) is 19.6 Å². The topological polar surface area (TPSA) is 103 Å². The summed E-state index contributed by atoms with van der Waals surface area (Å²) in [5.74, 6) is 1.55. The van der Waals surface area contributed by atoms with Gasteiger partial charge in [-0.15, -0.1) is 0 Å². The average Bonchev–Trinajstić information content (AvgIpc) is 3.13. The molecule has 0 bridgehead atoms. The fourth-order valence-corrected chi connectivity index (χ4v) is 3.39. The number of nitrogens with zero attached hydrogens (tertiary/aromatic N) is 6. The van der Waals surface area contributed by atoms with Crippen LogP contribution in [-0.4, -0.2) is 42.1 Å². The van der Waals surface area contributed by atoms with Crippen LogP contribution in [-0.2, 0) is 6.54 Å². The first-order chi connectivity index (χ1) is 13.4. The number of nitrogen functional groups attached to an aromatic ring is 1. The number of amides is 1. The van der Waals surface area contributed by atoms with E-state index < -0.39 is 0 Å². The maximum Gasteiger partial charge on any atom is 0.273 e. The monoisotopic (exact) mass is 377 g/mol. The normalized spacial score (nSPS) is 16.3. The summed E-state index contributed by atoms with van der Waals surface area (Å²) in [5.41, 5.74) is 7.86. The van der Waals surface area contributed by atoms with Gasteiger partial charge in [0.1, 0.15) is 11.5 Å². The van der Waals surface area contributed by atoms with Crippen molar-refractivity contribution in [1.29, 1.82) is 0 Å². The summed E-state index contributed by atoms with van der Waals surface area (Å²) in [6.07, 6.45) is 0. The minimum atomic E-state index is -0.218. The Morgan fingerprint density at radius 3 is 2.61 bits per heavy atom. The number of fused-ring (bicyclic) bond motifs is 1. The van der Waals surface area contributed by atoms with Gasteiger partial charge in [-0.3, -0.25) is 4.79 Å². The zero-order valence-electron chi connectivity index (χ0n) is 16.2. The van der Waals surface area contributed by atoms with Crippen LogP contribution >= 0.6 is 0 Å². The van der Waals surface area contributed by atoms with E-state index in [0.717, 1.165) is 17.1 Å². The fraction of sp³-hybridized carbons (Fsp3) is 0.350. The smallest absolute Gasteiger partial charge is 0.273 e. The van der Waals surface area contributed by atoms with Gasteiger partial charge in [-0.1, -0.05) is 44.2 Å². The third kappa shape index (κ3) is 3.21. The van der Waals surface area contributed by atoms with Gasteiger partial charge < -0.3 is 10.6 Å². The first kappa shape index (κ1) is 18.1. The molecule has 1 aliphatic rings. The molecule has 4 rings (SSSR count). The molecule has 2 N–H and O–H groups in total. The van der Waals surface area contributed by atoms with Crippen LogP contribution in [0.2, 0.25) is 0 Å². The molecule has 0 fully saturated rings. The van der Waals surface area contributed by atoms with Crippen LogP contribution in [0.15, 0.2) is 36.4 Å². The molecular formula is C20H23N7O. The molecule has 1 aliphatic heterocycles. The molecule has 1 aromatic carbocycles. The molecule has 3 aromatic rings. The van der Waals surface area contributed by atoms with Crippen molar-refractivity contribution in [3.63, 3.8) is 0 Å². The van der Waals surface area contributed by atoms with E-state index in [1.165, 1.54) is 0 Å². The van der Waals surface area contributed by atoms with Crippen LogP contribution in [0.3, 0.4) is 0 Å². The molecule has 0 aliphatic carbocycles. The first-order valence-electron chi connectivity index (χ1n) is 9.39. The predicted octanol–water partition coefficient (Wildman–Crippen LogP) is 2.66. The fourth-order valence-electron chi connectivity index (χ4n) is 3.39. The number of anilines is 1. The Bertz CT molecular complexity index is 1010. The average molecular weight is 377 g/mol. The zero-order valence-corrected chi connectivity index (χ0v) is 16.2. The van der Waals surface area contributed by atoms with Crippen LogP contribution in [0.4, 0.5) is 5.95 Å². The quantitative estimate of drug-likeness (QED) is 0.753. The van der Waals surface area contributed by atoms with Gasteiger partial charge in [-0.2, -0.15) is 5.10 Å². The van der Waals surface area contributed by atoms with Crippen molar-refractivity contribution in [2.75, 3.05) is 12.3 Å². The maximum atomic E-state index is 13.1. The van der Waals surface area contributed by atoms with E-state index in [4.69, 9.17) is 10.7 Å². The van der Waals surface area contributed by atoms with Crippen molar-refractivity contribution < 1.29 is 4.79 Å². The standard InChI is InChI=1S/C20H23N7O/c1-12(2)15-11-16(23-20(21)22-15)19(28)26-9-10-27-18(13(26)3)24-17(25-27)14-7-5-4-6-8-14/h4-8,11-13H,9-10H2,1-3H3,(H2,21,22,23)/t13-/m0/s1. The SMILES string of the molecule is CC(C)c1cc(C(=O)N2CCn3nc(-c4ccccc4)nc3[C@@H]2C)nc(N)n1. The lowest BCUT2D eigenvalue weighted by atomic mass is 10.1. The number of hydrogen-bond donors (Lipinski definition) is 1. The number of benzene rings is 1. The minimum Gasteiger partial charge on any atom is -0.368 e. The molecule has 0 saturated heterocycles. The van der Waals surface area contributed by atoms with E-state index in [1.54, 1.807) is 11.0 Å². The molecule has 0 spiro atoms. The van der Waals surface area contributed by atoms with Crippen molar-refractivity contribution in [1.82, 2.24) is 29.6 Å². The highest BCUT2D eigenvalue weighted by molar-refractivity contribution is 5.93. The molecule has 1 amide bonds. The van der Waals surface area contributed by atoms with E-state index in [2.05, 4.69) is 15.1 Å². The Hall–Kier alpha value is -3.29. The van der Waals surface area contributed by atoms with E-state index in [9.17, 15) is 4.79 Å². The lowest BCUT2D eigenvalue weighted by Crippen LogP contribution is -2.42. The second-order valence-corrected chi connectivity index (χ2v) is 7.25. The number of aromatic nitrogens is 5. The van der Waals surface area contributed by atoms with E-state index in [1.807, 2.05) is 55.8 Å². The molecule has 8 heteroatoms. The van der Waals surface area contributed by atoms with Crippen LogP contribution in [0.25, 0.3) is 11.4 Å². The number of nitrogens with two attached hydrogens (primary N) is 1. The van der Waals surface area contributed by atoms with Gasteiger partial charge in [0.15, 0.2) is 5.82 Å². The highest BCUT2D eigenvalue weighted by Crippen LogP contribution is 2.27. The van der Waals surface area contributed by atoms with Crippen LogP contribution < -0.4 is 5.73 Å². The third-order valence-electron chi connectivity index (χ3n) is 4.96. The number of carbonyl (C=O) groups is 1. The molecular weight excluding hydrogens is 354 g/mol. The summed E-state index contributed by atoms with van der Waals surface area (Å²) in [6, 6.07) is 11.3. The third-order valence-corrected chi connectivity index (χ3v) is 4.96. The van der Waals surface area contributed by atoms with Crippen LogP contribution in [0, 0.1) is 0 Å². The highest BCUT2D eigenvalue weighted by atomic mass is 16.2. The Kier molecular flexibility index (Phi) is 4.54. The van der Waals surface area contributed by atoms with Gasteiger partial charge in [0.2, 0.25) is 5.95 Å². The zero-order chi connectivity index (χ0) is 19.8. The van der Waals surface area contributed by atoms with Gasteiger partial charge >= 0.3 is 0 Å². The summed E-state index contributed by atoms with van der Waals surface area (Å²) >= 11 is 0. The Labute approximate surface area is 163 Å². The molecule has 0 saturated carbocycles. The molecule has 1 atom stereocenters. The summed E-state index contributed by atoms with van der Waals surface area (Å²) in [4.78, 5) is 28.0. The van der Waals surface area contributed by atoms with Crippen molar-refractivity contribution >= 4 is 11.9 Å². The van der Waals surface area contributed by atoms with E-state index >= 15 is 0 Å². The summed E-state index contributed by atoms with van der Waals surface area (Å²) in [5, 5.41) is 4.61. The Balaban J connectivity index is 1.64. The molecule has 28 heavy (non-hydrogen) atoms. The highest BCUT2D eigenvalue weighted by Gasteiger charge is 2.32. The first-order valence-corrected chi connectivity index (χ1v) is 9.39. The second kappa shape index (κ2) is 7.03. The Morgan fingerprint density at radius 1 is 1.14 bits per heavy atom. The molecule has 0 radical (unpaired) electrons. The molecule has 8 nitrogen and oxygen atoms in total. The minimum absolute atomic E-state index is 0.119. The second-order valence-electron chi connectivity index (χ2n) is 7.25. The van der Waals surface area contributed by atoms with Crippen molar-refractivity contribution in [3.05, 3.63) is 53.6 Å². The van der Waals surface area contributed by atoms with E-state index in [-0.39, 0.29) is 23.8 Å². The van der Waals surface area contributed by atoms with Crippen LogP contribution in [0.5, 0.6) is 0 Å². The van der Waals surface area contributed by atoms with Gasteiger partial charge in [0, 0.05) is 17.8 Å². The summed E-state index contributed by atoms with van der Waals surface area (Å²) < 4.78 is 1.88. The van der Waals surface area contributed by atoms with Crippen molar-refractivity contribution in [2.24, 2.45) is 0 Å². The van der Waals surface area contributed by atoms with E-state index in [0.29, 0.717) is 24.6 Å². The maximum absolute atomic E-state index is 13.1. The largest absolute Gasteiger partial charge is 0.368 e. The van der Waals surface area contributed by atoms with Crippen molar-refractivity contribution in [2.45, 2.75) is 39.3 Å². The van der Waals surface area contributed by atoms with Gasteiger partial charge in [-0.05, 0) is 18.9 Å². The summed E-state index contributed by atoms with van der Waals surface area (Å²) in [7, 11) is 0. The van der Waals surface area contributed by atoms with Crippen molar-refractivity contribution in [3.8, 4) is 11.4 Å². The predicted molar refractivity (Wildman–Crippen MR) is 105 cm³/mol. The van der Waals surface area contributed by atoms with Gasteiger partial charge in [0.25, 0.3) is 5.91 Å². The van der Waals surface area contributed by atoms with Crippen LogP contribution in [0.1, 0.15) is 54.7 Å². The lowest BCUT2D eigenvalue weighted by Gasteiger charge is -2.32. The Morgan fingerprint density at radius 2 is 1.89 bits per heavy atom. The molecule has 0 unspecified atom stereocenters. The number of carbonyl (C=O) groups excluding carboxylic acids is 1. The van der Waals surface area contributed by atoms with Gasteiger partial charge in [0.05, 0.1) is 12.6 Å². The lowest BCUT2D eigenvalue weighted by molar-refractivity contribution is 0.0624. The summed E-state index contributed by atoms with van der Waals surface area (Å²) in [6.45, 7) is 7.09. The molecule has 144 valence electrons. The number of rotatable bonds is 3.